The number of benzene rings is 1. The molecule has 0 fully saturated rings. The Balaban J connectivity index is 2.07. The molecule has 2 N–H and O–H groups in total. The summed E-state index contributed by atoms with van der Waals surface area (Å²) in [6, 6.07) is 9.17. The summed E-state index contributed by atoms with van der Waals surface area (Å²) in [4.78, 5) is 17.9. The molecule has 20 heavy (non-hydrogen) atoms. The molecule has 0 saturated heterocycles. The number of hydrogen-bond acceptors (Lipinski definition) is 3. The van der Waals surface area contributed by atoms with Crippen LogP contribution >= 0.6 is 0 Å². The van der Waals surface area contributed by atoms with Gasteiger partial charge < -0.3 is 10.2 Å². The molecule has 2 rings (SSSR count). The second-order valence-corrected chi connectivity index (χ2v) is 4.29. The summed E-state index contributed by atoms with van der Waals surface area (Å²) in [6.45, 7) is 1.94. The highest BCUT2D eigenvalue weighted by atomic mass is 16.1. The summed E-state index contributed by atoms with van der Waals surface area (Å²) < 4.78 is 0. The first-order valence-electron chi connectivity index (χ1n) is 6.20. The Morgan fingerprint density at radius 2 is 2.00 bits per heavy atom. The van der Waals surface area contributed by atoms with Crippen LogP contribution in [0.15, 0.2) is 41.5 Å². The van der Waals surface area contributed by atoms with Gasteiger partial charge in [0.25, 0.3) is 5.91 Å². The third kappa shape index (κ3) is 3.03. The normalized spacial score (nSPS) is 11.2. The van der Waals surface area contributed by atoms with E-state index in [1.54, 1.807) is 19.3 Å². The molecule has 104 valence electrons. The molecule has 2 aromatic rings. The molecule has 0 aliphatic carbocycles. The van der Waals surface area contributed by atoms with Gasteiger partial charge >= 0.3 is 0 Å². The van der Waals surface area contributed by atoms with Gasteiger partial charge in [-0.2, -0.15) is 5.10 Å². The Kier molecular flexibility index (Phi) is 4.14. The van der Waals surface area contributed by atoms with Crippen LogP contribution in [0.5, 0.6) is 0 Å². The first-order chi connectivity index (χ1) is 9.61. The number of rotatable bonds is 3. The van der Waals surface area contributed by atoms with E-state index in [9.17, 15) is 4.79 Å². The Morgan fingerprint density at radius 1 is 1.30 bits per heavy atom. The number of amides is 1. The highest BCUT2D eigenvalue weighted by molar-refractivity contribution is 6.03. The van der Waals surface area contributed by atoms with Crippen LogP contribution in [0.3, 0.4) is 0 Å². The summed E-state index contributed by atoms with van der Waals surface area (Å²) >= 11 is 0. The molecule has 0 unspecified atom stereocenters. The number of nitrogens with one attached hydrogen (secondary N) is 2. The number of amidine groups is 1. The van der Waals surface area contributed by atoms with Gasteiger partial charge in [0, 0.05) is 31.7 Å². The van der Waals surface area contributed by atoms with Crippen molar-refractivity contribution in [1.82, 2.24) is 10.2 Å². The number of carbonyl (C=O) groups excluding carboxylic acids is 1. The van der Waals surface area contributed by atoms with Crippen molar-refractivity contribution in [2.45, 2.75) is 6.92 Å². The summed E-state index contributed by atoms with van der Waals surface area (Å²) in [5.41, 5.74) is 2.09. The number of hydrogen-bond donors (Lipinski definition) is 2. The number of aromatic nitrogens is 2. The maximum atomic E-state index is 11.8. The van der Waals surface area contributed by atoms with E-state index in [4.69, 9.17) is 0 Å². The van der Waals surface area contributed by atoms with Gasteiger partial charge in [-0.05, 0) is 37.3 Å². The van der Waals surface area contributed by atoms with E-state index < -0.39 is 0 Å². The lowest BCUT2D eigenvalue weighted by Gasteiger charge is -2.18. The van der Waals surface area contributed by atoms with Crippen molar-refractivity contribution in [2.75, 3.05) is 24.3 Å². The molecule has 6 heteroatoms. The van der Waals surface area contributed by atoms with Crippen molar-refractivity contribution in [1.29, 1.82) is 0 Å². The van der Waals surface area contributed by atoms with Gasteiger partial charge in [-0.25, -0.2) is 0 Å². The van der Waals surface area contributed by atoms with Crippen molar-refractivity contribution < 1.29 is 4.79 Å². The van der Waals surface area contributed by atoms with E-state index in [0.29, 0.717) is 5.69 Å². The van der Waals surface area contributed by atoms with Crippen molar-refractivity contribution in [2.24, 2.45) is 4.99 Å². The standard InChI is InChI=1S/C14H17N5O/c1-10(15-2)19(3)12-6-4-11(5-7-12)17-14(20)13-8-9-16-18-13/h4-9H,1-3H3,(H,16,18)(H,17,20). The Hall–Kier alpha value is -2.63. The number of nitrogens with zero attached hydrogens (tertiary/aromatic N) is 3. The number of H-pyrrole nitrogens is 1. The SMILES string of the molecule is CN=C(C)N(C)c1ccc(NC(=O)c2cc[nH]n2)cc1. The zero-order valence-corrected chi connectivity index (χ0v) is 11.7. The molecule has 1 aromatic carbocycles. The van der Waals surface area contributed by atoms with Gasteiger partial charge in [0.15, 0.2) is 0 Å². The highest BCUT2D eigenvalue weighted by Crippen LogP contribution is 2.17. The second-order valence-electron chi connectivity index (χ2n) is 4.29. The minimum absolute atomic E-state index is 0.237. The van der Waals surface area contributed by atoms with E-state index in [2.05, 4.69) is 20.5 Å². The molecule has 0 aliphatic rings. The van der Waals surface area contributed by atoms with Crippen molar-refractivity contribution >= 4 is 23.1 Å². The van der Waals surface area contributed by atoms with Crippen molar-refractivity contribution in [3.8, 4) is 0 Å². The molecule has 0 atom stereocenters. The predicted octanol–water partition coefficient (Wildman–Crippen LogP) is 2.15. The Bertz CT molecular complexity index is 601. The second kappa shape index (κ2) is 6.01. The third-order valence-electron chi connectivity index (χ3n) is 3.05. The van der Waals surface area contributed by atoms with Crippen LogP contribution < -0.4 is 10.2 Å². The van der Waals surface area contributed by atoms with Crippen LogP contribution in [-0.4, -0.2) is 36.0 Å². The van der Waals surface area contributed by atoms with Crippen LogP contribution in [0.2, 0.25) is 0 Å². The maximum absolute atomic E-state index is 11.8. The average Bonchev–Trinajstić information content (AvgIpc) is 3.01. The molecule has 0 saturated carbocycles. The van der Waals surface area contributed by atoms with Crippen LogP contribution in [0.1, 0.15) is 17.4 Å². The quantitative estimate of drug-likeness (QED) is 0.663. The maximum Gasteiger partial charge on any atom is 0.276 e. The fourth-order valence-corrected chi connectivity index (χ4v) is 1.69. The molecule has 0 spiro atoms. The smallest absolute Gasteiger partial charge is 0.276 e. The first-order valence-corrected chi connectivity index (χ1v) is 6.20. The van der Waals surface area contributed by atoms with Crippen LogP contribution in [0, 0.1) is 0 Å². The van der Waals surface area contributed by atoms with Crippen LogP contribution in [-0.2, 0) is 0 Å². The molecule has 1 amide bonds. The van der Waals surface area contributed by atoms with Gasteiger partial charge in [-0.3, -0.25) is 14.9 Å². The van der Waals surface area contributed by atoms with Crippen molar-refractivity contribution in [3.05, 3.63) is 42.2 Å². The van der Waals surface area contributed by atoms with E-state index in [-0.39, 0.29) is 5.91 Å². The van der Waals surface area contributed by atoms with Gasteiger partial charge in [0.1, 0.15) is 5.69 Å². The van der Waals surface area contributed by atoms with Crippen LogP contribution in [0.4, 0.5) is 11.4 Å². The molecule has 0 aliphatic heterocycles. The van der Waals surface area contributed by atoms with Gasteiger partial charge in [0.2, 0.25) is 0 Å². The molecule has 0 bridgehead atoms. The molecule has 6 nitrogen and oxygen atoms in total. The van der Waals surface area contributed by atoms with Crippen LogP contribution in [0.25, 0.3) is 0 Å². The van der Waals surface area contributed by atoms with Crippen molar-refractivity contribution in [3.63, 3.8) is 0 Å². The van der Waals surface area contributed by atoms with E-state index in [0.717, 1.165) is 17.2 Å². The topological polar surface area (TPSA) is 73.4 Å². The number of carbonyl (C=O) groups is 1. The number of anilines is 2. The van der Waals surface area contributed by atoms with Gasteiger partial charge in [0.05, 0.1) is 5.84 Å². The molecule has 1 aromatic heterocycles. The van der Waals surface area contributed by atoms with E-state index in [1.807, 2.05) is 43.1 Å². The van der Waals surface area contributed by atoms with Gasteiger partial charge in [-0.15, -0.1) is 0 Å². The fourth-order valence-electron chi connectivity index (χ4n) is 1.69. The summed E-state index contributed by atoms with van der Waals surface area (Å²) in [7, 11) is 3.70. The zero-order chi connectivity index (χ0) is 14.5. The van der Waals surface area contributed by atoms with E-state index >= 15 is 0 Å². The Morgan fingerprint density at radius 3 is 2.55 bits per heavy atom. The Labute approximate surface area is 117 Å². The largest absolute Gasteiger partial charge is 0.334 e. The third-order valence-corrected chi connectivity index (χ3v) is 3.05. The minimum atomic E-state index is -0.237. The molecule has 0 radical (unpaired) electrons. The summed E-state index contributed by atoms with van der Waals surface area (Å²) in [5, 5.41) is 9.22. The summed E-state index contributed by atoms with van der Waals surface area (Å²) in [6.07, 6.45) is 1.61. The highest BCUT2D eigenvalue weighted by Gasteiger charge is 2.08. The lowest BCUT2D eigenvalue weighted by Crippen LogP contribution is -2.23. The monoisotopic (exact) mass is 271 g/mol. The minimum Gasteiger partial charge on any atom is -0.334 e. The zero-order valence-electron chi connectivity index (χ0n) is 11.7. The molecular formula is C14H17N5O. The number of aliphatic imine (C=N–C) groups is 1. The lowest BCUT2D eigenvalue weighted by molar-refractivity contribution is 0.102. The lowest BCUT2D eigenvalue weighted by atomic mass is 10.2. The number of aromatic amines is 1. The molecular weight excluding hydrogens is 254 g/mol. The molecule has 1 heterocycles. The fraction of sp³-hybridized carbons (Fsp3) is 0.214. The first kappa shape index (κ1) is 13.8. The van der Waals surface area contributed by atoms with Gasteiger partial charge in [-0.1, -0.05) is 0 Å². The predicted molar refractivity (Wildman–Crippen MR) is 80.4 cm³/mol. The van der Waals surface area contributed by atoms with E-state index in [1.165, 1.54) is 0 Å². The summed E-state index contributed by atoms with van der Waals surface area (Å²) in [5.74, 6) is 0.678. The average molecular weight is 271 g/mol.